The van der Waals surface area contributed by atoms with Crippen LogP contribution in [0.15, 0.2) is 42.6 Å². The molecule has 0 saturated heterocycles. The van der Waals surface area contributed by atoms with Crippen LogP contribution in [0.5, 0.6) is 0 Å². The molecule has 3 N–H and O–H groups in total. The Labute approximate surface area is 111 Å². The first-order chi connectivity index (χ1) is 9.06. The minimum absolute atomic E-state index is 0.142. The molecule has 0 spiro atoms. The number of hydrogen-bond acceptors (Lipinski definition) is 2. The topological polar surface area (TPSA) is 60.0 Å². The molecular weight excluding hydrogens is 245 g/mol. The highest BCUT2D eigenvalue weighted by molar-refractivity contribution is 5.90. The number of anilines is 1. The van der Waals surface area contributed by atoms with E-state index < -0.39 is 0 Å². The normalized spacial score (nSPS) is 12.2. The van der Waals surface area contributed by atoms with Gasteiger partial charge in [0.25, 0.3) is 0 Å². The van der Waals surface area contributed by atoms with Crippen molar-refractivity contribution in [1.29, 1.82) is 0 Å². The zero-order chi connectivity index (χ0) is 13.8. The molecule has 0 aliphatic rings. The Hall–Kier alpha value is -2.14. The number of aromatic nitrogens is 1. The standard InChI is InChI=1S/C14H16FN3O/c1-10(16)13-6-3-7-18(13)9-14(19)17-12-5-2-4-11(15)8-12/h2-8,10H,9,16H2,1H3,(H,17,19). The number of amides is 1. The Bertz CT molecular complexity index is 578. The van der Waals surface area contributed by atoms with E-state index in [2.05, 4.69) is 5.32 Å². The van der Waals surface area contributed by atoms with E-state index >= 15 is 0 Å². The summed E-state index contributed by atoms with van der Waals surface area (Å²) >= 11 is 0. The smallest absolute Gasteiger partial charge is 0.244 e. The van der Waals surface area contributed by atoms with Gasteiger partial charge in [0.05, 0.1) is 0 Å². The number of rotatable bonds is 4. The summed E-state index contributed by atoms with van der Waals surface area (Å²) in [7, 11) is 0. The molecule has 2 aromatic rings. The van der Waals surface area contributed by atoms with Crippen molar-refractivity contribution in [3.05, 3.63) is 54.1 Å². The molecule has 4 nitrogen and oxygen atoms in total. The van der Waals surface area contributed by atoms with Crippen LogP contribution in [0, 0.1) is 5.82 Å². The first-order valence-corrected chi connectivity index (χ1v) is 6.02. The van der Waals surface area contributed by atoms with E-state index in [4.69, 9.17) is 5.73 Å². The molecule has 1 atom stereocenters. The molecule has 0 fully saturated rings. The van der Waals surface area contributed by atoms with Crippen LogP contribution in [0.2, 0.25) is 0 Å². The molecule has 100 valence electrons. The molecule has 1 heterocycles. The lowest BCUT2D eigenvalue weighted by molar-refractivity contribution is -0.116. The molecule has 1 amide bonds. The Balaban J connectivity index is 2.03. The molecule has 0 aliphatic carbocycles. The third-order valence-electron chi connectivity index (χ3n) is 2.75. The van der Waals surface area contributed by atoms with E-state index in [1.54, 1.807) is 22.9 Å². The second kappa shape index (κ2) is 5.67. The van der Waals surface area contributed by atoms with Crippen molar-refractivity contribution in [3.8, 4) is 0 Å². The van der Waals surface area contributed by atoms with Gasteiger partial charge in [0.2, 0.25) is 5.91 Å². The fourth-order valence-electron chi connectivity index (χ4n) is 1.91. The van der Waals surface area contributed by atoms with E-state index in [1.807, 2.05) is 19.1 Å². The average Bonchev–Trinajstić information content (AvgIpc) is 2.76. The lowest BCUT2D eigenvalue weighted by Gasteiger charge is -2.12. The van der Waals surface area contributed by atoms with Crippen molar-refractivity contribution < 1.29 is 9.18 Å². The fraction of sp³-hybridized carbons (Fsp3) is 0.214. The van der Waals surface area contributed by atoms with E-state index in [9.17, 15) is 9.18 Å². The van der Waals surface area contributed by atoms with Crippen molar-refractivity contribution >= 4 is 11.6 Å². The van der Waals surface area contributed by atoms with E-state index in [0.717, 1.165) is 5.69 Å². The Kier molecular flexibility index (Phi) is 3.97. The van der Waals surface area contributed by atoms with Crippen LogP contribution in [0.3, 0.4) is 0 Å². The van der Waals surface area contributed by atoms with E-state index in [1.165, 1.54) is 12.1 Å². The maximum atomic E-state index is 13.0. The predicted octanol–water partition coefficient (Wildman–Crippen LogP) is 2.29. The number of benzene rings is 1. The highest BCUT2D eigenvalue weighted by atomic mass is 19.1. The molecule has 1 aromatic heterocycles. The summed E-state index contributed by atoms with van der Waals surface area (Å²) in [6.07, 6.45) is 1.80. The molecule has 0 bridgehead atoms. The fourth-order valence-corrected chi connectivity index (χ4v) is 1.91. The number of nitrogens with two attached hydrogens (primary N) is 1. The SMILES string of the molecule is CC(N)c1cccn1CC(=O)Nc1cccc(F)c1. The van der Waals surface area contributed by atoms with Crippen molar-refractivity contribution in [1.82, 2.24) is 4.57 Å². The molecule has 0 aliphatic heterocycles. The van der Waals surface area contributed by atoms with Gasteiger partial charge in [-0.2, -0.15) is 0 Å². The second-order valence-electron chi connectivity index (χ2n) is 4.41. The summed E-state index contributed by atoms with van der Waals surface area (Å²) in [5, 5.41) is 2.65. The maximum absolute atomic E-state index is 13.0. The molecule has 19 heavy (non-hydrogen) atoms. The Morgan fingerprint density at radius 2 is 2.21 bits per heavy atom. The van der Waals surface area contributed by atoms with Crippen molar-refractivity contribution in [2.24, 2.45) is 5.73 Å². The molecule has 0 saturated carbocycles. The van der Waals surface area contributed by atoms with Gasteiger partial charge in [0.15, 0.2) is 0 Å². The average molecular weight is 261 g/mol. The van der Waals surface area contributed by atoms with Gasteiger partial charge in [-0.05, 0) is 37.3 Å². The minimum atomic E-state index is -0.380. The lowest BCUT2D eigenvalue weighted by Crippen LogP contribution is -2.21. The zero-order valence-corrected chi connectivity index (χ0v) is 10.6. The highest BCUT2D eigenvalue weighted by Crippen LogP contribution is 2.12. The van der Waals surface area contributed by atoms with Crippen molar-refractivity contribution in [2.45, 2.75) is 19.5 Å². The first kappa shape index (κ1) is 13.3. The summed E-state index contributed by atoms with van der Waals surface area (Å²) in [6, 6.07) is 9.37. The molecule has 2 rings (SSSR count). The first-order valence-electron chi connectivity index (χ1n) is 6.02. The lowest BCUT2D eigenvalue weighted by atomic mass is 10.2. The quantitative estimate of drug-likeness (QED) is 0.887. The molecular formula is C14H16FN3O. The van der Waals surface area contributed by atoms with E-state index in [-0.39, 0.29) is 24.3 Å². The van der Waals surface area contributed by atoms with Gasteiger partial charge in [0.1, 0.15) is 12.4 Å². The van der Waals surface area contributed by atoms with Gasteiger partial charge in [-0.15, -0.1) is 0 Å². The summed E-state index contributed by atoms with van der Waals surface area (Å²) in [5.41, 5.74) is 7.13. The number of nitrogens with one attached hydrogen (secondary N) is 1. The third kappa shape index (κ3) is 3.42. The predicted molar refractivity (Wildman–Crippen MR) is 72.1 cm³/mol. The van der Waals surface area contributed by atoms with Crippen LogP contribution < -0.4 is 11.1 Å². The zero-order valence-electron chi connectivity index (χ0n) is 10.6. The number of nitrogens with zero attached hydrogens (tertiary/aromatic N) is 1. The minimum Gasteiger partial charge on any atom is -0.341 e. The largest absolute Gasteiger partial charge is 0.341 e. The van der Waals surface area contributed by atoms with Gasteiger partial charge in [-0.1, -0.05) is 6.07 Å². The molecule has 1 unspecified atom stereocenters. The van der Waals surface area contributed by atoms with Crippen LogP contribution in [0.4, 0.5) is 10.1 Å². The van der Waals surface area contributed by atoms with Crippen LogP contribution in [0.25, 0.3) is 0 Å². The van der Waals surface area contributed by atoms with Gasteiger partial charge in [-0.3, -0.25) is 4.79 Å². The van der Waals surface area contributed by atoms with Gasteiger partial charge < -0.3 is 15.6 Å². The number of hydrogen-bond donors (Lipinski definition) is 2. The summed E-state index contributed by atoms with van der Waals surface area (Å²) in [4.78, 5) is 11.9. The monoisotopic (exact) mass is 261 g/mol. The summed E-state index contributed by atoms with van der Waals surface area (Å²) in [6.45, 7) is 2.01. The van der Waals surface area contributed by atoms with Gasteiger partial charge in [0, 0.05) is 23.6 Å². The van der Waals surface area contributed by atoms with Gasteiger partial charge >= 0.3 is 0 Å². The van der Waals surface area contributed by atoms with Crippen molar-refractivity contribution in [3.63, 3.8) is 0 Å². The Morgan fingerprint density at radius 1 is 1.42 bits per heavy atom. The molecule has 1 aromatic carbocycles. The number of carbonyl (C=O) groups is 1. The molecule has 0 radical (unpaired) electrons. The van der Waals surface area contributed by atoms with Crippen LogP contribution in [-0.2, 0) is 11.3 Å². The molecule has 5 heteroatoms. The van der Waals surface area contributed by atoms with E-state index in [0.29, 0.717) is 5.69 Å². The van der Waals surface area contributed by atoms with Crippen molar-refractivity contribution in [2.75, 3.05) is 5.32 Å². The number of halogens is 1. The van der Waals surface area contributed by atoms with Crippen LogP contribution in [-0.4, -0.2) is 10.5 Å². The summed E-state index contributed by atoms with van der Waals surface area (Å²) in [5.74, 6) is -0.598. The summed E-state index contributed by atoms with van der Waals surface area (Å²) < 4.78 is 14.8. The maximum Gasteiger partial charge on any atom is 0.244 e. The van der Waals surface area contributed by atoms with Gasteiger partial charge in [-0.25, -0.2) is 4.39 Å². The van der Waals surface area contributed by atoms with Crippen LogP contribution >= 0.6 is 0 Å². The second-order valence-corrected chi connectivity index (χ2v) is 4.41. The number of carbonyl (C=O) groups excluding carboxylic acids is 1. The van der Waals surface area contributed by atoms with Crippen LogP contribution in [0.1, 0.15) is 18.7 Å². The Morgan fingerprint density at radius 3 is 2.89 bits per heavy atom. The third-order valence-corrected chi connectivity index (χ3v) is 2.75. The highest BCUT2D eigenvalue weighted by Gasteiger charge is 2.09.